The summed E-state index contributed by atoms with van der Waals surface area (Å²) in [4.78, 5) is 0.283. The second-order valence-electron chi connectivity index (χ2n) is 5.50. The fourth-order valence-corrected chi connectivity index (χ4v) is 3.56. The maximum Gasteiger partial charge on any atom is 0.241 e. The summed E-state index contributed by atoms with van der Waals surface area (Å²) in [5.41, 5.74) is 1.03. The number of nitrogens with one attached hydrogen (secondary N) is 1. The van der Waals surface area contributed by atoms with Gasteiger partial charge in [-0.3, -0.25) is 0 Å². The minimum atomic E-state index is -3.55. The molecular weight excluding hydrogens is 298 g/mol. The summed E-state index contributed by atoms with van der Waals surface area (Å²) in [6, 6.07) is 10.1. The van der Waals surface area contributed by atoms with Gasteiger partial charge in [0.05, 0.1) is 17.2 Å². The van der Waals surface area contributed by atoms with Crippen molar-refractivity contribution in [2.45, 2.75) is 50.5 Å². The maximum atomic E-state index is 12.5. The van der Waals surface area contributed by atoms with Gasteiger partial charge in [-0.2, -0.15) is 0 Å². The molecule has 1 aromatic carbocycles. The van der Waals surface area contributed by atoms with Crippen molar-refractivity contribution in [2.75, 3.05) is 0 Å². The second kappa shape index (κ2) is 7.61. The summed E-state index contributed by atoms with van der Waals surface area (Å²) in [5.74, 6) is 0.659. The van der Waals surface area contributed by atoms with Gasteiger partial charge in [-0.15, -0.1) is 0 Å². The van der Waals surface area contributed by atoms with Crippen LogP contribution in [-0.2, 0) is 10.0 Å². The third-order valence-corrected chi connectivity index (χ3v) is 5.10. The van der Waals surface area contributed by atoms with Crippen LogP contribution in [-0.4, -0.2) is 8.42 Å². The van der Waals surface area contributed by atoms with Crippen molar-refractivity contribution in [2.24, 2.45) is 0 Å². The van der Waals surface area contributed by atoms with Gasteiger partial charge in [-0.25, -0.2) is 13.1 Å². The third kappa shape index (κ3) is 4.45. The summed E-state index contributed by atoms with van der Waals surface area (Å²) < 4.78 is 33.2. The topological polar surface area (TPSA) is 59.3 Å². The number of rotatable bonds is 8. The lowest BCUT2D eigenvalue weighted by molar-refractivity contribution is 0.418. The molecule has 0 amide bonds. The Hall–Kier alpha value is -1.59. The van der Waals surface area contributed by atoms with Crippen LogP contribution in [0.25, 0.3) is 0 Å². The van der Waals surface area contributed by atoms with Crippen molar-refractivity contribution in [1.82, 2.24) is 4.72 Å². The Morgan fingerprint density at radius 1 is 1.14 bits per heavy atom. The van der Waals surface area contributed by atoms with Crippen molar-refractivity contribution in [3.63, 3.8) is 0 Å². The van der Waals surface area contributed by atoms with Gasteiger partial charge in [0.25, 0.3) is 0 Å². The van der Waals surface area contributed by atoms with Crippen molar-refractivity contribution >= 4 is 10.0 Å². The molecule has 0 saturated carbocycles. The van der Waals surface area contributed by atoms with Crippen LogP contribution in [0, 0.1) is 6.92 Å². The molecule has 1 aromatic heterocycles. The van der Waals surface area contributed by atoms with E-state index in [9.17, 15) is 8.42 Å². The van der Waals surface area contributed by atoms with Gasteiger partial charge in [0.15, 0.2) is 0 Å². The van der Waals surface area contributed by atoms with Crippen LogP contribution < -0.4 is 4.72 Å². The molecule has 0 aliphatic rings. The average Bonchev–Trinajstić information content (AvgIpc) is 3.01. The number of benzene rings is 1. The fraction of sp³-hybridized carbons (Fsp3) is 0.412. The Morgan fingerprint density at radius 3 is 2.45 bits per heavy atom. The van der Waals surface area contributed by atoms with Gasteiger partial charge in [0.2, 0.25) is 10.0 Å². The lowest BCUT2D eigenvalue weighted by atomic mass is 10.1. The standard InChI is InChI=1S/C17H23NO3S/c1-3-4-5-7-16(17-8-6-13-21-17)18-22(19,20)15-11-9-14(2)10-12-15/h6,8-13,16,18H,3-5,7H2,1-2H3. The largest absolute Gasteiger partial charge is 0.468 e. The lowest BCUT2D eigenvalue weighted by Gasteiger charge is -2.17. The highest BCUT2D eigenvalue weighted by Crippen LogP contribution is 2.23. The van der Waals surface area contributed by atoms with Gasteiger partial charge in [-0.05, 0) is 37.6 Å². The Morgan fingerprint density at radius 2 is 1.86 bits per heavy atom. The van der Waals surface area contributed by atoms with Gasteiger partial charge in [0, 0.05) is 0 Å². The highest BCUT2D eigenvalue weighted by Gasteiger charge is 2.22. The first kappa shape index (κ1) is 16.8. The molecule has 1 heterocycles. The number of sulfonamides is 1. The zero-order chi connectivity index (χ0) is 16.0. The normalized spacial score (nSPS) is 13.2. The molecular formula is C17H23NO3S. The monoisotopic (exact) mass is 321 g/mol. The minimum Gasteiger partial charge on any atom is -0.468 e. The van der Waals surface area contributed by atoms with Crippen LogP contribution in [0.5, 0.6) is 0 Å². The summed E-state index contributed by atoms with van der Waals surface area (Å²) >= 11 is 0. The highest BCUT2D eigenvalue weighted by molar-refractivity contribution is 7.89. The molecule has 4 nitrogen and oxygen atoms in total. The summed E-state index contributed by atoms with van der Waals surface area (Å²) in [6.07, 6.45) is 5.42. The quantitative estimate of drug-likeness (QED) is 0.742. The number of aryl methyl sites for hydroxylation is 1. The molecule has 0 saturated heterocycles. The summed E-state index contributed by atoms with van der Waals surface area (Å²) in [6.45, 7) is 4.05. The molecule has 1 atom stereocenters. The van der Waals surface area contributed by atoms with Gasteiger partial charge < -0.3 is 4.42 Å². The Labute approximate surface area is 132 Å². The van der Waals surface area contributed by atoms with E-state index in [0.29, 0.717) is 5.76 Å². The van der Waals surface area contributed by atoms with Crippen LogP contribution in [0.15, 0.2) is 52.0 Å². The fourth-order valence-electron chi connectivity index (χ4n) is 2.32. The molecule has 0 spiro atoms. The Balaban J connectivity index is 2.16. The second-order valence-corrected chi connectivity index (χ2v) is 7.21. The lowest BCUT2D eigenvalue weighted by Crippen LogP contribution is -2.28. The van der Waals surface area contributed by atoms with Crippen LogP contribution >= 0.6 is 0 Å². The number of hydrogen-bond acceptors (Lipinski definition) is 3. The first-order valence-corrected chi connectivity index (χ1v) is 9.13. The van der Waals surface area contributed by atoms with Crippen molar-refractivity contribution in [1.29, 1.82) is 0 Å². The van der Waals surface area contributed by atoms with E-state index < -0.39 is 10.0 Å². The molecule has 22 heavy (non-hydrogen) atoms. The van der Waals surface area contributed by atoms with Crippen LogP contribution in [0.2, 0.25) is 0 Å². The number of unbranched alkanes of at least 4 members (excludes halogenated alkanes) is 2. The van der Waals surface area contributed by atoms with Gasteiger partial charge >= 0.3 is 0 Å². The van der Waals surface area contributed by atoms with E-state index in [4.69, 9.17) is 4.42 Å². The van der Waals surface area contributed by atoms with Crippen LogP contribution in [0.1, 0.15) is 50.0 Å². The first-order valence-electron chi connectivity index (χ1n) is 7.65. The molecule has 0 aliphatic heterocycles. The maximum absolute atomic E-state index is 12.5. The highest BCUT2D eigenvalue weighted by atomic mass is 32.2. The van der Waals surface area contributed by atoms with Gasteiger partial charge in [-0.1, -0.05) is 43.9 Å². The van der Waals surface area contributed by atoms with E-state index in [1.54, 1.807) is 36.6 Å². The van der Waals surface area contributed by atoms with Crippen molar-refractivity contribution in [3.05, 3.63) is 54.0 Å². The molecule has 2 aromatic rings. The molecule has 5 heteroatoms. The zero-order valence-corrected chi connectivity index (χ0v) is 13.9. The predicted octanol–water partition coefficient (Wildman–Crippen LogP) is 4.19. The van der Waals surface area contributed by atoms with Crippen molar-refractivity contribution < 1.29 is 12.8 Å². The van der Waals surface area contributed by atoms with E-state index in [1.165, 1.54) is 0 Å². The number of furan rings is 1. The number of hydrogen-bond donors (Lipinski definition) is 1. The van der Waals surface area contributed by atoms with E-state index in [2.05, 4.69) is 11.6 Å². The van der Waals surface area contributed by atoms with E-state index in [1.807, 2.05) is 13.0 Å². The summed E-state index contributed by atoms with van der Waals surface area (Å²) in [7, 11) is -3.55. The van der Waals surface area contributed by atoms with Crippen molar-refractivity contribution in [3.8, 4) is 0 Å². The third-order valence-electron chi connectivity index (χ3n) is 3.61. The summed E-state index contributed by atoms with van der Waals surface area (Å²) in [5, 5.41) is 0. The van der Waals surface area contributed by atoms with Crippen LogP contribution in [0.4, 0.5) is 0 Å². The molecule has 2 rings (SSSR count). The Bertz CT molecular complexity index is 660. The minimum absolute atomic E-state index is 0.283. The van der Waals surface area contributed by atoms with E-state index >= 15 is 0 Å². The molecule has 0 aliphatic carbocycles. The Kier molecular flexibility index (Phi) is 5.80. The van der Waals surface area contributed by atoms with Crippen LogP contribution in [0.3, 0.4) is 0 Å². The average molecular weight is 321 g/mol. The zero-order valence-electron chi connectivity index (χ0n) is 13.1. The first-order chi connectivity index (χ1) is 10.5. The molecule has 1 N–H and O–H groups in total. The van der Waals surface area contributed by atoms with E-state index in [0.717, 1.165) is 31.2 Å². The molecule has 0 fully saturated rings. The van der Waals surface area contributed by atoms with Gasteiger partial charge in [0.1, 0.15) is 5.76 Å². The molecule has 120 valence electrons. The molecule has 1 unspecified atom stereocenters. The predicted molar refractivity (Wildman–Crippen MR) is 87.1 cm³/mol. The van der Waals surface area contributed by atoms with E-state index in [-0.39, 0.29) is 10.9 Å². The SMILES string of the molecule is CCCCCC(NS(=O)(=O)c1ccc(C)cc1)c1ccco1. The molecule has 0 bridgehead atoms. The molecule has 0 radical (unpaired) electrons. The smallest absolute Gasteiger partial charge is 0.241 e.